The zero-order valence-electron chi connectivity index (χ0n) is 17.6. The molecule has 3 aliphatic carbocycles. The van der Waals surface area contributed by atoms with Gasteiger partial charge in [-0.1, -0.05) is 46.0 Å². The first-order chi connectivity index (χ1) is 13.1. The molecule has 0 radical (unpaired) electrons. The molecule has 0 bridgehead atoms. The van der Waals surface area contributed by atoms with Crippen molar-refractivity contribution in [3.63, 3.8) is 0 Å². The summed E-state index contributed by atoms with van der Waals surface area (Å²) in [4.78, 5) is 12.6. The van der Waals surface area contributed by atoms with E-state index in [1.165, 1.54) is 51.4 Å². The van der Waals surface area contributed by atoms with Crippen molar-refractivity contribution in [3.8, 4) is 0 Å². The molecule has 0 aliphatic heterocycles. The Labute approximate surface area is 166 Å². The van der Waals surface area contributed by atoms with Gasteiger partial charge >= 0.3 is 5.97 Å². The van der Waals surface area contributed by atoms with E-state index in [0.29, 0.717) is 18.8 Å². The number of rotatable bonds is 6. The Kier molecular flexibility index (Phi) is 8.02. The Balaban J connectivity index is 1.38. The summed E-state index contributed by atoms with van der Waals surface area (Å²) >= 11 is 0. The van der Waals surface area contributed by atoms with Crippen LogP contribution >= 0.6 is 0 Å². The molecule has 2 nitrogen and oxygen atoms in total. The van der Waals surface area contributed by atoms with Crippen molar-refractivity contribution in [2.75, 3.05) is 0 Å². The molecule has 3 atom stereocenters. The van der Waals surface area contributed by atoms with Crippen LogP contribution in [0.5, 0.6) is 0 Å². The highest BCUT2D eigenvalue weighted by Crippen LogP contribution is 2.42. The zero-order chi connectivity index (χ0) is 19.2. The van der Waals surface area contributed by atoms with Crippen LogP contribution in [0.1, 0.15) is 104 Å². The van der Waals surface area contributed by atoms with Gasteiger partial charge in [-0.25, -0.2) is 4.39 Å². The summed E-state index contributed by atoms with van der Waals surface area (Å²) in [6.45, 7) is 4.42. The van der Waals surface area contributed by atoms with Gasteiger partial charge in [-0.15, -0.1) is 0 Å². The highest BCUT2D eigenvalue weighted by Gasteiger charge is 2.37. The Morgan fingerprint density at radius 2 is 1.44 bits per heavy atom. The minimum Gasteiger partial charge on any atom is -0.459 e. The third-order valence-corrected chi connectivity index (χ3v) is 8.03. The second-order valence-corrected chi connectivity index (χ2v) is 9.76. The van der Waals surface area contributed by atoms with Crippen LogP contribution in [0.2, 0.25) is 0 Å². The summed E-state index contributed by atoms with van der Waals surface area (Å²) in [6, 6.07) is 0. The van der Waals surface area contributed by atoms with Crippen LogP contribution in [0.25, 0.3) is 0 Å². The molecule has 3 saturated carbocycles. The molecule has 3 heteroatoms. The van der Waals surface area contributed by atoms with Crippen molar-refractivity contribution < 1.29 is 13.9 Å². The third kappa shape index (κ3) is 5.70. The highest BCUT2D eigenvalue weighted by atomic mass is 19.1. The molecule has 3 unspecified atom stereocenters. The molecule has 0 aromatic rings. The Hall–Kier alpha value is -0.600. The van der Waals surface area contributed by atoms with Gasteiger partial charge in [0.15, 0.2) is 0 Å². The van der Waals surface area contributed by atoms with Gasteiger partial charge in [-0.05, 0) is 81.5 Å². The van der Waals surface area contributed by atoms with Gasteiger partial charge in [0.1, 0.15) is 12.3 Å². The molecule has 0 spiro atoms. The van der Waals surface area contributed by atoms with Crippen LogP contribution in [-0.2, 0) is 9.53 Å². The number of esters is 1. The van der Waals surface area contributed by atoms with E-state index in [0.717, 1.165) is 43.4 Å². The quantitative estimate of drug-likeness (QED) is 0.470. The van der Waals surface area contributed by atoms with Gasteiger partial charge in [0.2, 0.25) is 0 Å². The summed E-state index contributed by atoms with van der Waals surface area (Å²) in [7, 11) is 0. The van der Waals surface area contributed by atoms with Crippen molar-refractivity contribution in [2.24, 2.45) is 29.6 Å². The summed E-state index contributed by atoms with van der Waals surface area (Å²) in [6.07, 6.45) is 14.5. The number of hydrogen-bond acceptors (Lipinski definition) is 2. The fourth-order valence-electron chi connectivity index (χ4n) is 6.10. The van der Waals surface area contributed by atoms with Gasteiger partial charge < -0.3 is 4.74 Å². The first-order valence-corrected chi connectivity index (χ1v) is 11.9. The second kappa shape index (κ2) is 10.3. The lowest BCUT2D eigenvalue weighted by molar-refractivity contribution is -0.162. The Bertz CT molecular complexity index is 449. The summed E-state index contributed by atoms with van der Waals surface area (Å²) in [5.41, 5.74) is 0. The number of carbonyl (C=O) groups is 1. The van der Waals surface area contributed by atoms with Gasteiger partial charge in [-0.3, -0.25) is 4.79 Å². The molecule has 3 aliphatic rings. The van der Waals surface area contributed by atoms with Crippen LogP contribution < -0.4 is 0 Å². The van der Waals surface area contributed by atoms with Crippen LogP contribution in [0, 0.1) is 29.6 Å². The number of hydrogen-bond donors (Lipinski definition) is 0. The average molecular weight is 381 g/mol. The number of carbonyl (C=O) groups excluding carboxylic acids is 1. The number of ether oxygens (including phenoxy) is 1. The SMILES string of the molecule is CCCC1CCC(C2CCC(C(=O)OC3CCC(CC)CC3F)CC2)CC1. The van der Waals surface area contributed by atoms with Crippen LogP contribution in [0.15, 0.2) is 0 Å². The van der Waals surface area contributed by atoms with E-state index in [1.54, 1.807) is 0 Å². The summed E-state index contributed by atoms with van der Waals surface area (Å²) in [5, 5.41) is 0. The van der Waals surface area contributed by atoms with E-state index in [9.17, 15) is 9.18 Å². The molecule has 0 amide bonds. The highest BCUT2D eigenvalue weighted by molar-refractivity contribution is 5.72. The fraction of sp³-hybridized carbons (Fsp3) is 0.958. The molecular formula is C24H41FO2. The maximum Gasteiger partial charge on any atom is 0.309 e. The predicted octanol–water partition coefficient (Wildman–Crippen LogP) is 6.86. The van der Waals surface area contributed by atoms with Gasteiger partial charge in [-0.2, -0.15) is 0 Å². The molecule has 0 saturated heterocycles. The smallest absolute Gasteiger partial charge is 0.309 e. The molecule has 0 N–H and O–H groups in total. The summed E-state index contributed by atoms with van der Waals surface area (Å²) in [5.74, 6) is 3.04. The zero-order valence-corrected chi connectivity index (χ0v) is 17.6. The summed E-state index contributed by atoms with van der Waals surface area (Å²) < 4.78 is 20.0. The maximum atomic E-state index is 14.3. The molecule has 3 fully saturated rings. The molecule has 0 aromatic carbocycles. The molecule has 27 heavy (non-hydrogen) atoms. The van der Waals surface area contributed by atoms with Gasteiger partial charge in [0.05, 0.1) is 5.92 Å². The van der Waals surface area contributed by atoms with E-state index in [1.807, 2.05) is 0 Å². The second-order valence-electron chi connectivity index (χ2n) is 9.76. The van der Waals surface area contributed by atoms with E-state index in [-0.39, 0.29) is 11.9 Å². The maximum absolute atomic E-state index is 14.3. The number of alkyl halides is 1. The number of halogens is 1. The normalized spacial score (nSPS) is 40.5. The van der Waals surface area contributed by atoms with Crippen LogP contribution in [0.3, 0.4) is 0 Å². The predicted molar refractivity (Wildman–Crippen MR) is 108 cm³/mol. The fourth-order valence-corrected chi connectivity index (χ4v) is 6.10. The van der Waals surface area contributed by atoms with Crippen LogP contribution in [0.4, 0.5) is 4.39 Å². The molecule has 0 heterocycles. The first kappa shape index (κ1) is 21.1. The lowest BCUT2D eigenvalue weighted by Gasteiger charge is -2.38. The Morgan fingerprint density at radius 3 is 2.00 bits per heavy atom. The van der Waals surface area contributed by atoms with Crippen molar-refractivity contribution in [1.29, 1.82) is 0 Å². The minimum atomic E-state index is -0.956. The Morgan fingerprint density at radius 1 is 0.852 bits per heavy atom. The molecule has 3 rings (SSSR count). The topological polar surface area (TPSA) is 26.3 Å². The average Bonchev–Trinajstić information content (AvgIpc) is 2.70. The van der Waals surface area contributed by atoms with Gasteiger partial charge in [0, 0.05) is 0 Å². The van der Waals surface area contributed by atoms with Crippen LogP contribution in [-0.4, -0.2) is 18.2 Å². The van der Waals surface area contributed by atoms with Crippen molar-refractivity contribution in [2.45, 2.75) is 116 Å². The third-order valence-electron chi connectivity index (χ3n) is 8.03. The van der Waals surface area contributed by atoms with Gasteiger partial charge in [0.25, 0.3) is 0 Å². The lowest BCUT2D eigenvalue weighted by Crippen LogP contribution is -2.37. The molecular weight excluding hydrogens is 339 g/mol. The van der Waals surface area contributed by atoms with E-state index < -0.39 is 12.3 Å². The monoisotopic (exact) mass is 380 g/mol. The first-order valence-electron chi connectivity index (χ1n) is 11.9. The van der Waals surface area contributed by atoms with Crippen molar-refractivity contribution in [3.05, 3.63) is 0 Å². The van der Waals surface area contributed by atoms with E-state index in [2.05, 4.69) is 13.8 Å². The van der Waals surface area contributed by atoms with E-state index >= 15 is 0 Å². The standard InChI is InChI=1S/C24H41FO2/c1-3-5-18-6-9-19(10-7-18)20-11-13-21(14-12-20)24(26)27-23-15-8-17(4-2)16-22(23)25/h17-23H,3-16H2,1-2H3. The lowest BCUT2D eigenvalue weighted by atomic mass is 9.69. The molecule has 156 valence electrons. The van der Waals surface area contributed by atoms with Crippen molar-refractivity contribution >= 4 is 5.97 Å². The largest absolute Gasteiger partial charge is 0.459 e. The van der Waals surface area contributed by atoms with E-state index in [4.69, 9.17) is 4.74 Å². The van der Waals surface area contributed by atoms with Crippen molar-refractivity contribution in [1.82, 2.24) is 0 Å². The minimum absolute atomic E-state index is 0.0220. The molecule has 0 aromatic heterocycles.